The van der Waals surface area contributed by atoms with Crippen LogP contribution in [-0.4, -0.2) is 23.2 Å². The highest BCUT2D eigenvalue weighted by atomic mass is 19.4. The summed E-state index contributed by atoms with van der Waals surface area (Å²) in [5, 5.41) is 9.04. The first kappa shape index (κ1) is 16.8. The summed E-state index contributed by atoms with van der Waals surface area (Å²) < 4.78 is 39.7. The number of hydrogen-bond donors (Lipinski definition) is 1. The first-order chi connectivity index (χ1) is 11.8. The summed E-state index contributed by atoms with van der Waals surface area (Å²) in [5.41, 5.74) is -1.73. The number of benzene rings is 2. The molecule has 0 radical (unpaired) electrons. The lowest BCUT2D eigenvalue weighted by Gasteiger charge is -2.17. The van der Waals surface area contributed by atoms with E-state index in [-0.39, 0.29) is 17.8 Å². The smallest absolute Gasteiger partial charge is 0.424 e. The van der Waals surface area contributed by atoms with Gasteiger partial charge in [-0.1, -0.05) is 48.5 Å². The van der Waals surface area contributed by atoms with Crippen molar-refractivity contribution >= 4 is 23.1 Å². The van der Waals surface area contributed by atoms with Crippen molar-refractivity contribution < 1.29 is 27.9 Å². The second-order valence-electron chi connectivity index (χ2n) is 5.45. The van der Waals surface area contributed by atoms with Crippen molar-refractivity contribution in [2.45, 2.75) is 12.7 Å². The van der Waals surface area contributed by atoms with Crippen LogP contribution in [0.4, 0.5) is 18.9 Å². The molecule has 1 N–H and O–H groups in total. The molecule has 0 aromatic heterocycles. The number of alkyl halides is 3. The van der Waals surface area contributed by atoms with E-state index in [0.29, 0.717) is 0 Å². The molecule has 7 heteroatoms. The van der Waals surface area contributed by atoms with E-state index in [1.54, 1.807) is 36.4 Å². The molecule has 0 unspecified atom stereocenters. The molecule has 4 nitrogen and oxygen atoms in total. The molecule has 3 rings (SSSR count). The summed E-state index contributed by atoms with van der Waals surface area (Å²) in [6.07, 6.45) is -5.15. The number of para-hydroxylation sites is 1. The lowest BCUT2D eigenvalue weighted by Crippen LogP contribution is -2.29. The average Bonchev–Trinajstić information content (AvgIpc) is 2.81. The molecular formula is C18H12F3NO3. The average molecular weight is 347 g/mol. The van der Waals surface area contributed by atoms with Gasteiger partial charge in [-0.25, -0.2) is 4.79 Å². The molecule has 1 aliphatic rings. The van der Waals surface area contributed by atoms with E-state index in [4.69, 9.17) is 5.11 Å². The molecule has 1 amide bonds. The van der Waals surface area contributed by atoms with Gasteiger partial charge in [0, 0.05) is 5.56 Å². The molecule has 0 saturated carbocycles. The van der Waals surface area contributed by atoms with Crippen LogP contribution >= 0.6 is 0 Å². The van der Waals surface area contributed by atoms with Crippen LogP contribution in [0, 0.1) is 0 Å². The van der Waals surface area contributed by atoms with Crippen molar-refractivity contribution in [2.75, 3.05) is 4.90 Å². The number of halogens is 3. The van der Waals surface area contributed by atoms with Gasteiger partial charge in [0.05, 0.1) is 17.8 Å². The number of rotatable bonds is 3. The molecule has 0 atom stereocenters. The Hall–Kier alpha value is -3.09. The summed E-state index contributed by atoms with van der Waals surface area (Å²) in [6, 6.07) is 14.6. The van der Waals surface area contributed by atoms with Crippen LogP contribution in [0.1, 0.15) is 11.1 Å². The van der Waals surface area contributed by atoms with Gasteiger partial charge >= 0.3 is 12.1 Å². The number of amides is 1. The molecule has 0 bridgehead atoms. The van der Waals surface area contributed by atoms with Crippen molar-refractivity contribution in [3.05, 3.63) is 71.3 Å². The number of nitrogens with zero attached hydrogens (tertiary/aromatic N) is 1. The highest BCUT2D eigenvalue weighted by Crippen LogP contribution is 2.43. The Kier molecular flexibility index (Phi) is 4.08. The summed E-state index contributed by atoms with van der Waals surface area (Å²) >= 11 is 0. The number of carbonyl (C=O) groups is 2. The Morgan fingerprint density at radius 2 is 1.60 bits per heavy atom. The predicted molar refractivity (Wildman–Crippen MR) is 84.7 cm³/mol. The number of fused-ring (bicyclic) bond motifs is 1. The summed E-state index contributed by atoms with van der Waals surface area (Å²) in [4.78, 5) is 25.0. The van der Waals surface area contributed by atoms with E-state index in [1.807, 2.05) is 0 Å². The van der Waals surface area contributed by atoms with Crippen LogP contribution in [0.15, 0.2) is 60.2 Å². The standard InChI is InChI=1S/C18H12F3NO3/c19-18(20,21)15(17(24)25)14-12-8-4-5-9-13(12)22(16(14)23)10-11-6-2-1-3-7-11/h1-9H,10H2,(H,24,25)/b15-14-. The lowest BCUT2D eigenvalue weighted by atomic mass is 10.0. The molecule has 1 heterocycles. The Balaban J connectivity index is 2.17. The highest BCUT2D eigenvalue weighted by molar-refractivity contribution is 6.36. The van der Waals surface area contributed by atoms with Gasteiger partial charge in [-0.15, -0.1) is 0 Å². The first-order valence-electron chi connectivity index (χ1n) is 7.30. The molecule has 25 heavy (non-hydrogen) atoms. The molecular weight excluding hydrogens is 335 g/mol. The lowest BCUT2D eigenvalue weighted by molar-refractivity contribution is -0.145. The normalized spacial score (nSPS) is 16.0. The topological polar surface area (TPSA) is 57.6 Å². The van der Waals surface area contributed by atoms with Crippen LogP contribution < -0.4 is 4.90 Å². The Morgan fingerprint density at radius 3 is 2.20 bits per heavy atom. The third-order valence-electron chi connectivity index (χ3n) is 3.85. The maximum Gasteiger partial charge on any atom is 0.424 e. The largest absolute Gasteiger partial charge is 0.478 e. The third-order valence-corrected chi connectivity index (χ3v) is 3.85. The minimum absolute atomic E-state index is 0.0295. The van der Waals surface area contributed by atoms with Gasteiger partial charge in [0.15, 0.2) is 5.57 Å². The molecule has 1 aliphatic heterocycles. The minimum Gasteiger partial charge on any atom is -0.478 e. The van der Waals surface area contributed by atoms with Gasteiger partial charge in [-0.3, -0.25) is 4.79 Å². The SMILES string of the molecule is O=C(O)/C(=C1/C(=O)N(Cc2ccccc2)c2ccccc21)C(F)(F)F. The zero-order valence-electron chi connectivity index (χ0n) is 12.7. The zero-order chi connectivity index (χ0) is 18.2. The van der Waals surface area contributed by atoms with Crippen molar-refractivity contribution in [2.24, 2.45) is 0 Å². The van der Waals surface area contributed by atoms with E-state index in [0.717, 1.165) is 10.5 Å². The highest BCUT2D eigenvalue weighted by Gasteiger charge is 2.47. The maximum absolute atomic E-state index is 13.2. The summed E-state index contributed by atoms with van der Waals surface area (Å²) in [5.74, 6) is -3.15. The van der Waals surface area contributed by atoms with E-state index >= 15 is 0 Å². The zero-order valence-corrected chi connectivity index (χ0v) is 12.7. The summed E-state index contributed by atoms with van der Waals surface area (Å²) in [7, 11) is 0. The van der Waals surface area contributed by atoms with Crippen molar-refractivity contribution in [1.29, 1.82) is 0 Å². The van der Waals surface area contributed by atoms with E-state index in [9.17, 15) is 22.8 Å². The molecule has 0 fully saturated rings. The molecule has 0 aliphatic carbocycles. The second kappa shape index (κ2) is 6.08. The predicted octanol–water partition coefficient (Wildman–Crippen LogP) is 3.63. The Bertz CT molecular complexity index is 873. The van der Waals surface area contributed by atoms with Gasteiger partial charge in [0.2, 0.25) is 0 Å². The Labute approximate surface area is 140 Å². The Morgan fingerprint density at radius 1 is 1.00 bits per heavy atom. The van der Waals surface area contributed by atoms with E-state index in [1.165, 1.54) is 18.2 Å². The van der Waals surface area contributed by atoms with Crippen LogP contribution in [0.3, 0.4) is 0 Å². The molecule has 2 aromatic carbocycles. The van der Waals surface area contributed by atoms with Gasteiger partial charge < -0.3 is 10.0 Å². The molecule has 0 spiro atoms. The summed E-state index contributed by atoms with van der Waals surface area (Å²) in [6.45, 7) is 0.0466. The van der Waals surface area contributed by atoms with Crippen molar-refractivity contribution in [1.82, 2.24) is 0 Å². The van der Waals surface area contributed by atoms with Crippen molar-refractivity contribution in [3.63, 3.8) is 0 Å². The minimum atomic E-state index is -5.15. The van der Waals surface area contributed by atoms with Gasteiger partial charge in [0.25, 0.3) is 5.91 Å². The fourth-order valence-corrected chi connectivity index (χ4v) is 2.81. The van der Waals surface area contributed by atoms with Crippen LogP contribution in [0.2, 0.25) is 0 Å². The number of aliphatic carboxylic acids is 1. The fourth-order valence-electron chi connectivity index (χ4n) is 2.81. The fraction of sp³-hybridized carbons (Fsp3) is 0.111. The van der Waals surface area contributed by atoms with E-state index < -0.39 is 29.2 Å². The number of carboxylic acid groups (broad SMARTS) is 1. The molecule has 128 valence electrons. The van der Waals surface area contributed by atoms with Gasteiger partial charge in [-0.05, 0) is 11.6 Å². The van der Waals surface area contributed by atoms with Gasteiger partial charge in [-0.2, -0.15) is 13.2 Å². The first-order valence-corrected chi connectivity index (χ1v) is 7.30. The monoisotopic (exact) mass is 347 g/mol. The maximum atomic E-state index is 13.2. The number of carbonyl (C=O) groups excluding carboxylic acids is 1. The molecule has 0 saturated heterocycles. The van der Waals surface area contributed by atoms with E-state index in [2.05, 4.69) is 0 Å². The van der Waals surface area contributed by atoms with Crippen LogP contribution in [0.5, 0.6) is 0 Å². The number of hydrogen-bond acceptors (Lipinski definition) is 2. The number of carboxylic acids is 1. The van der Waals surface area contributed by atoms with Crippen LogP contribution in [0.25, 0.3) is 5.57 Å². The second-order valence-corrected chi connectivity index (χ2v) is 5.45. The molecule has 2 aromatic rings. The number of anilines is 1. The van der Waals surface area contributed by atoms with Gasteiger partial charge in [0.1, 0.15) is 0 Å². The third kappa shape index (κ3) is 3.00. The quantitative estimate of drug-likeness (QED) is 0.863. The van der Waals surface area contributed by atoms with Crippen LogP contribution in [-0.2, 0) is 16.1 Å². The van der Waals surface area contributed by atoms with Crippen molar-refractivity contribution in [3.8, 4) is 0 Å².